The van der Waals surface area contributed by atoms with Crippen LogP contribution in [0.1, 0.15) is 36.0 Å². The van der Waals surface area contributed by atoms with Crippen LogP contribution >= 0.6 is 0 Å². The third-order valence-corrected chi connectivity index (χ3v) is 2.84. The smallest absolute Gasteiger partial charge is 0.213 e. The van der Waals surface area contributed by atoms with E-state index >= 15 is 0 Å². The number of carbonyl (C=O) groups excluding carboxylic acids is 1. The maximum absolute atomic E-state index is 10.4. The van der Waals surface area contributed by atoms with Gasteiger partial charge in [0.15, 0.2) is 6.29 Å². The number of aldehydes is 1. The lowest BCUT2D eigenvalue weighted by atomic mass is 10.1. The summed E-state index contributed by atoms with van der Waals surface area (Å²) in [6.45, 7) is 0.757. The Morgan fingerprint density at radius 2 is 2.20 bits per heavy atom. The Bertz CT molecular complexity index is 315. The van der Waals surface area contributed by atoms with Crippen molar-refractivity contribution in [2.24, 2.45) is 5.92 Å². The van der Waals surface area contributed by atoms with E-state index in [1.54, 1.807) is 12.1 Å². The first-order valence-electron chi connectivity index (χ1n) is 5.42. The highest BCUT2D eigenvalue weighted by Gasteiger charge is 2.15. The standard InChI is InChI=1S/C12H15NO2/c14-8-11-5-6-12(13-7-11)15-9-10-3-1-2-4-10/h5-8,10H,1-4,9H2. The third-order valence-electron chi connectivity index (χ3n) is 2.84. The highest BCUT2D eigenvalue weighted by Crippen LogP contribution is 2.25. The van der Waals surface area contributed by atoms with Gasteiger partial charge in [0.1, 0.15) is 0 Å². The van der Waals surface area contributed by atoms with E-state index < -0.39 is 0 Å². The molecule has 0 saturated heterocycles. The van der Waals surface area contributed by atoms with Gasteiger partial charge < -0.3 is 4.74 Å². The molecule has 1 aromatic rings. The molecule has 3 heteroatoms. The van der Waals surface area contributed by atoms with Gasteiger partial charge in [-0.3, -0.25) is 4.79 Å². The fourth-order valence-electron chi connectivity index (χ4n) is 1.93. The SMILES string of the molecule is O=Cc1ccc(OCC2CCCC2)nc1. The first-order valence-corrected chi connectivity index (χ1v) is 5.42. The second-order valence-corrected chi connectivity index (χ2v) is 4.01. The third kappa shape index (κ3) is 2.78. The molecular formula is C12H15NO2. The van der Waals surface area contributed by atoms with Crippen LogP contribution in [0.3, 0.4) is 0 Å². The molecule has 80 valence electrons. The largest absolute Gasteiger partial charge is 0.477 e. The minimum Gasteiger partial charge on any atom is -0.477 e. The van der Waals surface area contributed by atoms with Crippen LogP contribution < -0.4 is 4.74 Å². The first kappa shape index (κ1) is 10.1. The molecule has 0 aliphatic heterocycles. The van der Waals surface area contributed by atoms with Crippen LogP contribution in [0.15, 0.2) is 18.3 Å². The molecule has 3 nitrogen and oxygen atoms in total. The van der Waals surface area contributed by atoms with Crippen molar-refractivity contribution in [2.45, 2.75) is 25.7 Å². The molecule has 0 N–H and O–H groups in total. The minimum absolute atomic E-state index is 0.586. The maximum Gasteiger partial charge on any atom is 0.213 e. The molecule has 1 saturated carbocycles. The van der Waals surface area contributed by atoms with E-state index in [-0.39, 0.29) is 0 Å². The number of carbonyl (C=O) groups is 1. The Labute approximate surface area is 89.5 Å². The van der Waals surface area contributed by atoms with Crippen LogP contribution in [0.25, 0.3) is 0 Å². The zero-order valence-corrected chi connectivity index (χ0v) is 8.69. The zero-order chi connectivity index (χ0) is 10.5. The fraction of sp³-hybridized carbons (Fsp3) is 0.500. The van der Waals surface area contributed by atoms with Crippen LogP contribution in [-0.2, 0) is 0 Å². The average Bonchev–Trinajstić information content (AvgIpc) is 2.80. The van der Waals surface area contributed by atoms with E-state index in [1.807, 2.05) is 0 Å². The molecule has 1 heterocycles. The zero-order valence-electron chi connectivity index (χ0n) is 8.69. The van der Waals surface area contributed by atoms with E-state index in [0.717, 1.165) is 12.9 Å². The number of aromatic nitrogens is 1. The highest BCUT2D eigenvalue weighted by atomic mass is 16.5. The summed E-state index contributed by atoms with van der Waals surface area (Å²) in [6, 6.07) is 3.47. The molecule has 1 aliphatic carbocycles. The van der Waals surface area contributed by atoms with Gasteiger partial charge in [0.2, 0.25) is 5.88 Å². The number of pyridine rings is 1. The average molecular weight is 205 g/mol. The van der Waals surface area contributed by atoms with Crippen molar-refractivity contribution < 1.29 is 9.53 Å². The second-order valence-electron chi connectivity index (χ2n) is 4.01. The second kappa shape index (κ2) is 4.91. The molecular weight excluding hydrogens is 190 g/mol. The van der Waals surface area contributed by atoms with Crippen LogP contribution in [0.5, 0.6) is 5.88 Å². The number of rotatable bonds is 4. The van der Waals surface area contributed by atoms with E-state index in [0.29, 0.717) is 17.4 Å². The quantitative estimate of drug-likeness (QED) is 0.709. The topological polar surface area (TPSA) is 39.2 Å². The number of hydrogen-bond acceptors (Lipinski definition) is 3. The molecule has 1 aromatic heterocycles. The van der Waals surface area contributed by atoms with Crippen molar-refractivity contribution in [2.75, 3.05) is 6.61 Å². The van der Waals surface area contributed by atoms with Gasteiger partial charge in [-0.05, 0) is 24.8 Å². The lowest BCUT2D eigenvalue weighted by Crippen LogP contribution is -2.08. The van der Waals surface area contributed by atoms with Gasteiger partial charge in [-0.2, -0.15) is 0 Å². The van der Waals surface area contributed by atoms with Crippen LogP contribution in [0, 0.1) is 5.92 Å². The normalized spacial score (nSPS) is 16.5. The molecule has 1 aliphatic rings. The van der Waals surface area contributed by atoms with Gasteiger partial charge in [-0.25, -0.2) is 4.98 Å². The Morgan fingerprint density at radius 1 is 1.40 bits per heavy atom. The van der Waals surface area contributed by atoms with Gasteiger partial charge in [-0.1, -0.05) is 12.8 Å². The summed E-state index contributed by atoms with van der Waals surface area (Å²) in [5.41, 5.74) is 0.586. The summed E-state index contributed by atoms with van der Waals surface area (Å²) in [5.74, 6) is 1.31. The van der Waals surface area contributed by atoms with Gasteiger partial charge >= 0.3 is 0 Å². The molecule has 0 atom stereocenters. The van der Waals surface area contributed by atoms with Gasteiger partial charge in [0.05, 0.1) is 6.61 Å². The lowest BCUT2D eigenvalue weighted by Gasteiger charge is -2.10. The summed E-state index contributed by atoms with van der Waals surface area (Å²) in [5, 5.41) is 0. The lowest BCUT2D eigenvalue weighted by molar-refractivity contribution is 0.112. The van der Waals surface area contributed by atoms with Crippen molar-refractivity contribution in [3.05, 3.63) is 23.9 Å². The van der Waals surface area contributed by atoms with Crippen molar-refractivity contribution in [1.29, 1.82) is 0 Å². The summed E-state index contributed by atoms with van der Waals surface area (Å²) >= 11 is 0. The molecule has 0 radical (unpaired) electrons. The minimum atomic E-state index is 0.586. The maximum atomic E-state index is 10.4. The Hall–Kier alpha value is -1.38. The molecule has 0 aromatic carbocycles. The monoisotopic (exact) mass is 205 g/mol. The Morgan fingerprint density at radius 3 is 2.80 bits per heavy atom. The Balaban J connectivity index is 1.84. The first-order chi connectivity index (χ1) is 7.38. The number of hydrogen-bond donors (Lipinski definition) is 0. The van der Waals surface area contributed by atoms with Crippen LogP contribution in [0.4, 0.5) is 0 Å². The van der Waals surface area contributed by atoms with E-state index in [4.69, 9.17) is 4.74 Å². The van der Waals surface area contributed by atoms with Crippen LogP contribution in [-0.4, -0.2) is 17.9 Å². The van der Waals surface area contributed by atoms with E-state index in [9.17, 15) is 4.79 Å². The van der Waals surface area contributed by atoms with E-state index in [2.05, 4.69) is 4.98 Å². The summed E-state index contributed by atoms with van der Waals surface area (Å²) < 4.78 is 5.56. The molecule has 0 unspecified atom stereocenters. The van der Waals surface area contributed by atoms with Crippen molar-refractivity contribution in [3.63, 3.8) is 0 Å². The van der Waals surface area contributed by atoms with Crippen LogP contribution in [0.2, 0.25) is 0 Å². The molecule has 0 bridgehead atoms. The van der Waals surface area contributed by atoms with Gasteiger partial charge in [0.25, 0.3) is 0 Å². The van der Waals surface area contributed by atoms with Crippen molar-refractivity contribution in [3.8, 4) is 5.88 Å². The van der Waals surface area contributed by atoms with Gasteiger partial charge in [-0.15, -0.1) is 0 Å². The highest BCUT2D eigenvalue weighted by molar-refractivity contribution is 5.73. The molecule has 1 fully saturated rings. The molecule has 0 amide bonds. The van der Waals surface area contributed by atoms with Crippen molar-refractivity contribution >= 4 is 6.29 Å². The summed E-state index contributed by atoms with van der Waals surface area (Å²) in [7, 11) is 0. The molecule has 15 heavy (non-hydrogen) atoms. The number of ether oxygens (including phenoxy) is 1. The summed E-state index contributed by atoms with van der Waals surface area (Å²) in [4.78, 5) is 14.5. The molecule has 2 rings (SSSR count). The molecule has 0 spiro atoms. The Kier molecular flexibility index (Phi) is 3.33. The predicted molar refractivity (Wildman–Crippen MR) is 57.1 cm³/mol. The number of nitrogens with zero attached hydrogens (tertiary/aromatic N) is 1. The predicted octanol–water partition coefficient (Wildman–Crippen LogP) is 2.46. The van der Waals surface area contributed by atoms with E-state index in [1.165, 1.54) is 31.9 Å². The van der Waals surface area contributed by atoms with Crippen molar-refractivity contribution in [1.82, 2.24) is 4.98 Å². The fourth-order valence-corrected chi connectivity index (χ4v) is 1.93. The van der Waals surface area contributed by atoms with Gasteiger partial charge in [0, 0.05) is 17.8 Å². The summed E-state index contributed by atoms with van der Waals surface area (Å²) in [6.07, 6.45) is 7.51.